The summed E-state index contributed by atoms with van der Waals surface area (Å²) in [7, 11) is 0. The Hall–Kier alpha value is -2.52. The maximum absolute atomic E-state index is 12.7. The van der Waals surface area contributed by atoms with E-state index in [-0.39, 0.29) is 24.4 Å². The number of aliphatic carboxylic acids is 1. The van der Waals surface area contributed by atoms with Crippen LogP contribution in [0.5, 0.6) is 0 Å². The molecule has 0 rings (SSSR count). The molecule has 0 aromatic rings. The Balaban J connectivity index is 5.15. The van der Waals surface area contributed by atoms with Crippen molar-refractivity contribution >= 4 is 24.1 Å². The summed E-state index contributed by atoms with van der Waals surface area (Å²) in [5.41, 5.74) is -0.709. The van der Waals surface area contributed by atoms with Gasteiger partial charge in [-0.15, -0.1) is 0 Å². The fourth-order valence-corrected chi connectivity index (χ4v) is 3.23. The van der Waals surface area contributed by atoms with Crippen molar-refractivity contribution < 1.29 is 33.8 Å². The van der Waals surface area contributed by atoms with E-state index in [0.29, 0.717) is 19.3 Å². The zero-order chi connectivity index (χ0) is 26.6. The number of carboxylic acids is 1. The smallest absolute Gasteiger partial charge is 0.408 e. The van der Waals surface area contributed by atoms with Crippen LogP contribution in [0.15, 0.2) is 0 Å². The zero-order valence-electron chi connectivity index (χ0n) is 22.2. The molecule has 34 heavy (non-hydrogen) atoms. The Labute approximate surface area is 203 Å². The summed E-state index contributed by atoms with van der Waals surface area (Å²) in [5.74, 6) is -1.36. The van der Waals surface area contributed by atoms with Gasteiger partial charge in [0.05, 0.1) is 6.04 Å². The molecule has 0 fully saturated rings. The summed E-state index contributed by atoms with van der Waals surface area (Å²) in [5, 5.41) is 17.1. The van der Waals surface area contributed by atoms with Gasteiger partial charge in [-0.2, -0.15) is 0 Å². The number of hydrogen-bond acceptors (Lipinski definition) is 6. The van der Waals surface area contributed by atoms with E-state index in [1.807, 2.05) is 41.5 Å². The minimum Gasteiger partial charge on any atom is -0.480 e. The SMILES string of the molecule is CC(C)C[C@@H](COC(=O)[C@H](CC(C)C)NC(=O)OC(C)(C)C)NC(=O)N[C@@H](CC(C)C)C(=O)O. The molecule has 0 aromatic carbocycles. The first-order valence-electron chi connectivity index (χ1n) is 12.0. The Morgan fingerprint density at radius 3 is 1.71 bits per heavy atom. The van der Waals surface area contributed by atoms with Crippen LogP contribution in [0, 0.1) is 17.8 Å². The molecule has 0 unspecified atom stereocenters. The van der Waals surface area contributed by atoms with Gasteiger partial charge in [-0.25, -0.2) is 19.2 Å². The molecule has 4 N–H and O–H groups in total. The molecule has 10 heteroatoms. The van der Waals surface area contributed by atoms with E-state index < -0.39 is 47.8 Å². The summed E-state index contributed by atoms with van der Waals surface area (Å²) < 4.78 is 10.7. The summed E-state index contributed by atoms with van der Waals surface area (Å²) in [6, 6.07) is -3.08. The lowest BCUT2D eigenvalue weighted by Gasteiger charge is -2.25. The second-order valence-corrected chi connectivity index (χ2v) is 10.9. The number of hydrogen-bond donors (Lipinski definition) is 4. The second kappa shape index (κ2) is 14.7. The van der Waals surface area contributed by atoms with E-state index in [2.05, 4.69) is 16.0 Å². The number of carboxylic acid groups (broad SMARTS) is 1. The molecule has 0 saturated heterocycles. The number of ether oxygens (including phenoxy) is 2. The van der Waals surface area contributed by atoms with Crippen LogP contribution in [0.2, 0.25) is 0 Å². The van der Waals surface area contributed by atoms with Crippen LogP contribution in [0.1, 0.15) is 81.6 Å². The summed E-state index contributed by atoms with van der Waals surface area (Å²) >= 11 is 0. The molecule has 198 valence electrons. The molecule has 10 nitrogen and oxygen atoms in total. The third-order valence-corrected chi connectivity index (χ3v) is 4.51. The highest BCUT2D eigenvalue weighted by Crippen LogP contribution is 2.12. The Bertz CT molecular complexity index is 672. The van der Waals surface area contributed by atoms with Gasteiger partial charge < -0.3 is 30.5 Å². The van der Waals surface area contributed by atoms with Crippen molar-refractivity contribution in [2.75, 3.05) is 6.61 Å². The lowest BCUT2D eigenvalue weighted by molar-refractivity contribution is -0.147. The van der Waals surface area contributed by atoms with Crippen molar-refractivity contribution in [3.05, 3.63) is 0 Å². The standard InChI is InChI=1S/C24H45N3O7/c1-14(2)10-17(25-22(31)26-18(20(28)29)11-15(3)4)13-33-21(30)19(12-16(5)6)27-23(32)34-24(7,8)9/h14-19H,10-13H2,1-9H3,(H,27,32)(H,28,29)(H2,25,26,31)/t17-,18-,19-/m0/s1. The highest BCUT2D eigenvalue weighted by Gasteiger charge is 2.28. The maximum atomic E-state index is 12.7. The monoisotopic (exact) mass is 487 g/mol. The largest absolute Gasteiger partial charge is 0.480 e. The molecule has 0 saturated carbocycles. The molecule has 0 heterocycles. The third kappa shape index (κ3) is 15.3. The first-order valence-corrected chi connectivity index (χ1v) is 12.0. The number of carbonyl (C=O) groups excluding carboxylic acids is 3. The number of urea groups is 1. The number of alkyl carbamates (subject to hydrolysis) is 1. The van der Waals surface area contributed by atoms with Gasteiger partial charge >= 0.3 is 24.1 Å². The molecule has 0 aliphatic rings. The van der Waals surface area contributed by atoms with Crippen LogP contribution in [0.3, 0.4) is 0 Å². The summed E-state index contributed by atoms with van der Waals surface area (Å²) in [4.78, 5) is 48.8. The van der Waals surface area contributed by atoms with E-state index >= 15 is 0 Å². The number of esters is 1. The van der Waals surface area contributed by atoms with Crippen molar-refractivity contribution in [3.8, 4) is 0 Å². The third-order valence-electron chi connectivity index (χ3n) is 4.51. The van der Waals surface area contributed by atoms with Gasteiger partial charge in [-0.1, -0.05) is 41.5 Å². The van der Waals surface area contributed by atoms with Gasteiger partial charge in [0.1, 0.15) is 24.3 Å². The molecular weight excluding hydrogens is 442 g/mol. The van der Waals surface area contributed by atoms with Crippen molar-refractivity contribution in [3.63, 3.8) is 0 Å². The Morgan fingerprint density at radius 1 is 0.765 bits per heavy atom. The average Bonchev–Trinajstić information content (AvgIpc) is 2.61. The molecular formula is C24H45N3O7. The first kappa shape index (κ1) is 31.5. The van der Waals surface area contributed by atoms with Crippen molar-refractivity contribution in [2.24, 2.45) is 17.8 Å². The van der Waals surface area contributed by atoms with Crippen molar-refractivity contribution in [1.29, 1.82) is 0 Å². The van der Waals surface area contributed by atoms with Crippen molar-refractivity contribution in [1.82, 2.24) is 16.0 Å². The topological polar surface area (TPSA) is 143 Å². The lowest BCUT2D eigenvalue weighted by atomic mass is 10.0. The minimum absolute atomic E-state index is 0.0872. The highest BCUT2D eigenvalue weighted by molar-refractivity contribution is 5.83. The quantitative estimate of drug-likeness (QED) is 0.290. The number of amides is 3. The fourth-order valence-electron chi connectivity index (χ4n) is 3.23. The molecule has 0 aromatic heterocycles. The predicted molar refractivity (Wildman–Crippen MR) is 129 cm³/mol. The van der Waals surface area contributed by atoms with Gasteiger partial charge in [0.2, 0.25) is 0 Å². The van der Waals surface area contributed by atoms with Gasteiger partial charge in [0.25, 0.3) is 0 Å². The molecule has 0 spiro atoms. The normalized spacial score (nSPS) is 14.4. The van der Waals surface area contributed by atoms with Crippen LogP contribution in [0.25, 0.3) is 0 Å². The number of nitrogens with one attached hydrogen (secondary N) is 3. The molecule has 0 radical (unpaired) electrons. The maximum Gasteiger partial charge on any atom is 0.408 e. The van der Waals surface area contributed by atoms with E-state index in [4.69, 9.17) is 9.47 Å². The Morgan fingerprint density at radius 2 is 1.26 bits per heavy atom. The van der Waals surface area contributed by atoms with Gasteiger partial charge in [-0.3, -0.25) is 0 Å². The van der Waals surface area contributed by atoms with Crippen molar-refractivity contribution in [2.45, 2.75) is 105 Å². The van der Waals surface area contributed by atoms with Crippen LogP contribution >= 0.6 is 0 Å². The first-order chi connectivity index (χ1) is 15.5. The Kier molecular flexibility index (Phi) is 13.6. The molecule has 0 aliphatic carbocycles. The average molecular weight is 488 g/mol. The van der Waals surface area contributed by atoms with Gasteiger partial charge in [-0.05, 0) is 57.8 Å². The second-order valence-electron chi connectivity index (χ2n) is 10.9. The molecule has 3 atom stereocenters. The minimum atomic E-state index is -1.11. The van der Waals surface area contributed by atoms with Crippen LogP contribution in [0.4, 0.5) is 9.59 Å². The zero-order valence-corrected chi connectivity index (χ0v) is 22.2. The van der Waals surface area contributed by atoms with Crippen LogP contribution < -0.4 is 16.0 Å². The summed E-state index contributed by atoms with van der Waals surface area (Å²) in [6.07, 6.45) is 0.448. The van der Waals surface area contributed by atoms with E-state index in [1.54, 1.807) is 20.8 Å². The van der Waals surface area contributed by atoms with Gasteiger partial charge in [0, 0.05) is 0 Å². The molecule has 3 amide bonds. The van der Waals surface area contributed by atoms with Gasteiger partial charge in [0.15, 0.2) is 0 Å². The highest BCUT2D eigenvalue weighted by atomic mass is 16.6. The summed E-state index contributed by atoms with van der Waals surface area (Å²) in [6.45, 7) is 16.6. The van der Waals surface area contributed by atoms with Crippen LogP contribution in [-0.2, 0) is 19.1 Å². The molecule has 0 aliphatic heterocycles. The van der Waals surface area contributed by atoms with E-state index in [0.717, 1.165) is 0 Å². The number of rotatable bonds is 13. The van der Waals surface area contributed by atoms with E-state index in [1.165, 1.54) is 0 Å². The predicted octanol–water partition coefficient (Wildman–Crippen LogP) is 3.68. The number of carbonyl (C=O) groups is 4. The fraction of sp³-hybridized carbons (Fsp3) is 0.833. The molecule has 0 bridgehead atoms. The lowest BCUT2D eigenvalue weighted by Crippen LogP contribution is -2.51. The van der Waals surface area contributed by atoms with Crippen LogP contribution in [-0.4, -0.2) is 59.5 Å². The van der Waals surface area contributed by atoms with E-state index in [9.17, 15) is 24.3 Å².